The van der Waals surface area contributed by atoms with Crippen LogP contribution in [-0.4, -0.2) is 13.6 Å². The molecular formula is C13H27N. The molecule has 0 spiro atoms. The van der Waals surface area contributed by atoms with Crippen LogP contribution in [0.15, 0.2) is 0 Å². The van der Waals surface area contributed by atoms with E-state index in [0.29, 0.717) is 5.41 Å². The second-order valence-electron chi connectivity index (χ2n) is 5.69. The van der Waals surface area contributed by atoms with Crippen LogP contribution in [0.5, 0.6) is 0 Å². The van der Waals surface area contributed by atoms with E-state index in [1.54, 1.807) is 0 Å². The largest absolute Gasteiger partial charge is 0.319 e. The molecule has 1 fully saturated rings. The van der Waals surface area contributed by atoms with Crippen LogP contribution < -0.4 is 5.32 Å². The SMILES string of the molecule is CNCC(C)(CC1CCCC1)C(C)C. The van der Waals surface area contributed by atoms with E-state index in [9.17, 15) is 0 Å². The first-order valence-electron chi connectivity index (χ1n) is 6.23. The molecule has 1 heteroatoms. The van der Waals surface area contributed by atoms with Gasteiger partial charge in [0, 0.05) is 6.54 Å². The van der Waals surface area contributed by atoms with Crippen molar-refractivity contribution in [3.8, 4) is 0 Å². The van der Waals surface area contributed by atoms with Crippen molar-refractivity contribution in [1.82, 2.24) is 5.32 Å². The maximum atomic E-state index is 3.36. The zero-order chi connectivity index (χ0) is 10.6. The minimum Gasteiger partial charge on any atom is -0.319 e. The molecule has 0 heterocycles. The van der Waals surface area contributed by atoms with Crippen LogP contribution >= 0.6 is 0 Å². The first-order valence-corrected chi connectivity index (χ1v) is 6.23. The number of hydrogen-bond donors (Lipinski definition) is 1. The predicted molar refractivity (Wildman–Crippen MR) is 63.4 cm³/mol. The zero-order valence-corrected chi connectivity index (χ0v) is 10.4. The van der Waals surface area contributed by atoms with Crippen molar-refractivity contribution >= 4 is 0 Å². The summed E-state index contributed by atoms with van der Waals surface area (Å²) in [6, 6.07) is 0. The van der Waals surface area contributed by atoms with Gasteiger partial charge >= 0.3 is 0 Å². The monoisotopic (exact) mass is 197 g/mol. The van der Waals surface area contributed by atoms with Crippen molar-refractivity contribution in [2.75, 3.05) is 13.6 Å². The van der Waals surface area contributed by atoms with Gasteiger partial charge < -0.3 is 5.32 Å². The fraction of sp³-hybridized carbons (Fsp3) is 1.00. The Morgan fingerprint density at radius 1 is 1.29 bits per heavy atom. The van der Waals surface area contributed by atoms with Gasteiger partial charge in [0.25, 0.3) is 0 Å². The third-order valence-electron chi connectivity index (χ3n) is 4.20. The molecule has 1 aliphatic rings. The molecule has 0 aromatic rings. The molecule has 0 aliphatic heterocycles. The van der Waals surface area contributed by atoms with E-state index in [4.69, 9.17) is 0 Å². The molecule has 0 amide bonds. The molecule has 1 rings (SSSR count). The molecule has 14 heavy (non-hydrogen) atoms. The second kappa shape index (κ2) is 5.16. The molecule has 0 bridgehead atoms. The maximum Gasteiger partial charge on any atom is 0.000471 e. The molecule has 1 N–H and O–H groups in total. The van der Waals surface area contributed by atoms with Crippen LogP contribution in [0.3, 0.4) is 0 Å². The minimum atomic E-state index is 0.504. The molecule has 1 atom stereocenters. The summed E-state index contributed by atoms with van der Waals surface area (Å²) in [7, 11) is 2.08. The van der Waals surface area contributed by atoms with Gasteiger partial charge in [0.1, 0.15) is 0 Å². The smallest absolute Gasteiger partial charge is 0.000471 e. The van der Waals surface area contributed by atoms with Gasteiger partial charge in [-0.2, -0.15) is 0 Å². The van der Waals surface area contributed by atoms with E-state index >= 15 is 0 Å². The summed E-state index contributed by atoms with van der Waals surface area (Å²) >= 11 is 0. The lowest BCUT2D eigenvalue weighted by Gasteiger charge is -2.36. The first-order chi connectivity index (χ1) is 6.58. The predicted octanol–water partition coefficient (Wildman–Crippen LogP) is 3.45. The topological polar surface area (TPSA) is 12.0 Å². The molecule has 1 aliphatic carbocycles. The highest BCUT2D eigenvalue weighted by atomic mass is 14.8. The molecular weight excluding hydrogens is 170 g/mol. The molecule has 0 saturated heterocycles. The first kappa shape index (κ1) is 12.0. The molecule has 1 saturated carbocycles. The van der Waals surface area contributed by atoms with E-state index in [1.807, 2.05) is 0 Å². The third-order valence-corrected chi connectivity index (χ3v) is 4.20. The molecule has 0 aromatic heterocycles. The van der Waals surface area contributed by atoms with Crippen molar-refractivity contribution < 1.29 is 0 Å². The fourth-order valence-corrected chi connectivity index (χ4v) is 2.79. The van der Waals surface area contributed by atoms with Gasteiger partial charge in [-0.3, -0.25) is 0 Å². The fourth-order valence-electron chi connectivity index (χ4n) is 2.79. The highest BCUT2D eigenvalue weighted by Gasteiger charge is 2.31. The van der Waals surface area contributed by atoms with Gasteiger partial charge in [-0.15, -0.1) is 0 Å². The van der Waals surface area contributed by atoms with Gasteiger partial charge in [0.05, 0.1) is 0 Å². The quantitative estimate of drug-likeness (QED) is 0.712. The molecule has 1 unspecified atom stereocenters. The Bertz CT molecular complexity index is 159. The highest BCUT2D eigenvalue weighted by molar-refractivity contribution is 4.84. The van der Waals surface area contributed by atoms with Gasteiger partial charge in [0.2, 0.25) is 0 Å². The Balaban J connectivity index is 2.48. The van der Waals surface area contributed by atoms with E-state index in [0.717, 1.165) is 11.8 Å². The second-order valence-corrected chi connectivity index (χ2v) is 5.69. The summed E-state index contributed by atoms with van der Waals surface area (Å²) in [5, 5.41) is 3.36. The molecule has 0 aromatic carbocycles. The summed E-state index contributed by atoms with van der Waals surface area (Å²) in [6.07, 6.45) is 7.32. The Morgan fingerprint density at radius 2 is 1.86 bits per heavy atom. The van der Waals surface area contributed by atoms with Crippen LogP contribution in [0.4, 0.5) is 0 Å². The van der Waals surface area contributed by atoms with Crippen molar-refractivity contribution in [2.24, 2.45) is 17.3 Å². The van der Waals surface area contributed by atoms with Gasteiger partial charge in [-0.25, -0.2) is 0 Å². The average Bonchev–Trinajstić information content (AvgIpc) is 2.56. The van der Waals surface area contributed by atoms with Gasteiger partial charge in [-0.1, -0.05) is 46.5 Å². The van der Waals surface area contributed by atoms with Crippen LogP contribution in [0, 0.1) is 17.3 Å². The number of hydrogen-bond acceptors (Lipinski definition) is 1. The lowest BCUT2D eigenvalue weighted by molar-refractivity contribution is 0.161. The Hall–Kier alpha value is -0.0400. The van der Waals surface area contributed by atoms with Crippen molar-refractivity contribution in [3.05, 3.63) is 0 Å². The van der Waals surface area contributed by atoms with Gasteiger partial charge in [0.15, 0.2) is 0 Å². The average molecular weight is 197 g/mol. The highest BCUT2D eigenvalue weighted by Crippen LogP contribution is 2.39. The van der Waals surface area contributed by atoms with Crippen molar-refractivity contribution in [1.29, 1.82) is 0 Å². The minimum absolute atomic E-state index is 0.504. The van der Waals surface area contributed by atoms with Crippen LogP contribution in [-0.2, 0) is 0 Å². The van der Waals surface area contributed by atoms with Crippen LogP contribution in [0.25, 0.3) is 0 Å². The molecule has 1 nitrogen and oxygen atoms in total. The number of nitrogens with one attached hydrogen (secondary N) is 1. The van der Waals surface area contributed by atoms with Crippen LogP contribution in [0.2, 0.25) is 0 Å². The lowest BCUT2D eigenvalue weighted by Crippen LogP contribution is -2.36. The normalized spacial score (nSPS) is 22.9. The third kappa shape index (κ3) is 2.98. The van der Waals surface area contributed by atoms with Crippen molar-refractivity contribution in [2.45, 2.75) is 52.9 Å². The number of rotatable bonds is 5. The Morgan fingerprint density at radius 3 is 2.29 bits per heavy atom. The summed E-state index contributed by atoms with van der Waals surface area (Å²) in [5.74, 6) is 1.80. The summed E-state index contributed by atoms with van der Waals surface area (Å²) in [5.41, 5.74) is 0.504. The standard InChI is InChI=1S/C13H27N/c1-11(2)13(3,10-14-4)9-12-7-5-6-8-12/h11-12,14H,5-10H2,1-4H3. The summed E-state index contributed by atoms with van der Waals surface area (Å²) in [6.45, 7) is 8.35. The summed E-state index contributed by atoms with van der Waals surface area (Å²) < 4.78 is 0. The van der Waals surface area contributed by atoms with Gasteiger partial charge in [-0.05, 0) is 30.7 Å². The maximum absolute atomic E-state index is 3.36. The van der Waals surface area contributed by atoms with E-state index in [-0.39, 0.29) is 0 Å². The van der Waals surface area contributed by atoms with E-state index < -0.39 is 0 Å². The van der Waals surface area contributed by atoms with Crippen molar-refractivity contribution in [3.63, 3.8) is 0 Å². The molecule has 0 radical (unpaired) electrons. The zero-order valence-electron chi connectivity index (χ0n) is 10.4. The lowest BCUT2D eigenvalue weighted by atomic mass is 9.72. The molecule has 84 valence electrons. The Kier molecular flexibility index (Phi) is 4.43. The van der Waals surface area contributed by atoms with Crippen LogP contribution in [0.1, 0.15) is 52.9 Å². The van der Waals surface area contributed by atoms with E-state index in [1.165, 1.54) is 38.6 Å². The summed E-state index contributed by atoms with van der Waals surface area (Å²) in [4.78, 5) is 0. The Labute approximate surface area is 89.7 Å². The van der Waals surface area contributed by atoms with E-state index in [2.05, 4.69) is 33.1 Å².